The fourth-order valence-corrected chi connectivity index (χ4v) is 2.62. The van der Waals surface area contributed by atoms with Crippen molar-refractivity contribution in [3.63, 3.8) is 0 Å². The van der Waals surface area contributed by atoms with Crippen LogP contribution in [-0.2, 0) is 7.05 Å². The second-order valence-electron chi connectivity index (χ2n) is 4.70. The Balaban J connectivity index is 2.27. The van der Waals surface area contributed by atoms with Crippen molar-refractivity contribution < 1.29 is 0 Å². The molecule has 6 nitrogen and oxygen atoms in total. The molecule has 0 fully saturated rings. The summed E-state index contributed by atoms with van der Waals surface area (Å²) < 4.78 is 2.07. The van der Waals surface area contributed by atoms with E-state index in [1.165, 1.54) is 4.57 Å². The lowest BCUT2D eigenvalue weighted by Gasteiger charge is -2.19. The molecule has 3 rings (SSSR count). The van der Waals surface area contributed by atoms with E-state index in [0.29, 0.717) is 26.8 Å². The number of anilines is 2. The molecule has 8 heteroatoms. The van der Waals surface area contributed by atoms with Crippen LogP contribution in [0.4, 0.5) is 11.6 Å². The molecule has 2 aromatic heterocycles. The van der Waals surface area contributed by atoms with Gasteiger partial charge in [-0.05, 0) is 34.1 Å². The normalized spacial score (nSPS) is 10.9. The third-order valence-corrected chi connectivity index (χ3v) is 3.92. The molecule has 3 aromatic rings. The third-order valence-electron chi connectivity index (χ3n) is 3.30. The van der Waals surface area contributed by atoms with Gasteiger partial charge in [0, 0.05) is 24.5 Å². The highest BCUT2D eigenvalue weighted by Gasteiger charge is 2.15. The fourth-order valence-electron chi connectivity index (χ4n) is 2.16. The Morgan fingerprint density at radius 3 is 2.77 bits per heavy atom. The van der Waals surface area contributed by atoms with Gasteiger partial charge >= 0.3 is 5.69 Å². The molecular weight excluding hydrogens is 370 g/mol. The number of halogens is 2. The van der Waals surface area contributed by atoms with Gasteiger partial charge in [0.1, 0.15) is 10.4 Å². The van der Waals surface area contributed by atoms with Gasteiger partial charge in [0.15, 0.2) is 5.82 Å². The zero-order valence-corrected chi connectivity index (χ0v) is 14.1. The van der Waals surface area contributed by atoms with Crippen LogP contribution in [-0.4, -0.2) is 26.6 Å². The lowest BCUT2D eigenvalue weighted by atomic mass is 10.2. The van der Waals surface area contributed by atoms with Crippen LogP contribution in [0.15, 0.2) is 40.0 Å². The molecular formula is C14H11BrClN5O. The predicted octanol–water partition coefficient (Wildman–Crippen LogP) is 2.91. The molecule has 0 saturated heterocycles. The van der Waals surface area contributed by atoms with Crippen LogP contribution >= 0.6 is 27.5 Å². The van der Waals surface area contributed by atoms with E-state index in [-0.39, 0.29) is 5.69 Å². The first-order valence-corrected chi connectivity index (χ1v) is 7.52. The summed E-state index contributed by atoms with van der Waals surface area (Å²) in [6.07, 6.45) is 3.19. The van der Waals surface area contributed by atoms with Crippen molar-refractivity contribution in [2.45, 2.75) is 0 Å². The highest BCUT2D eigenvalue weighted by atomic mass is 79.9. The van der Waals surface area contributed by atoms with Crippen molar-refractivity contribution >= 4 is 50.1 Å². The Hall–Kier alpha value is -1.99. The summed E-state index contributed by atoms with van der Waals surface area (Å²) in [5.74, 6) is 1.08. The highest BCUT2D eigenvalue weighted by Crippen LogP contribution is 2.28. The maximum Gasteiger partial charge on any atom is 0.349 e. The monoisotopic (exact) mass is 379 g/mol. The molecule has 1 aromatic carbocycles. The van der Waals surface area contributed by atoms with E-state index in [1.807, 2.05) is 6.07 Å². The molecule has 0 amide bonds. The Morgan fingerprint density at radius 2 is 2.05 bits per heavy atom. The molecule has 2 heterocycles. The number of aryl methyl sites for hydroxylation is 1. The standard InChI is InChI=1S/C14H11BrClN5O/c1-20-10-5-8(16)3-4-9(10)13(19-14(20)22)21(2)12-7-17-6-11(15)18-12/h3-7H,1-2H3. The van der Waals surface area contributed by atoms with Gasteiger partial charge in [-0.15, -0.1) is 0 Å². The van der Waals surface area contributed by atoms with Crippen molar-refractivity contribution in [1.82, 2.24) is 19.5 Å². The molecule has 0 atom stereocenters. The lowest BCUT2D eigenvalue weighted by Crippen LogP contribution is -2.25. The lowest BCUT2D eigenvalue weighted by molar-refractivity contribution is 0.846. The summed E-state index contributed by atoms with van der Waals surface area (Å²) in [5, 5.41) is 1.36. The smallest absolute Gasteiger partial charge is 0.312 e. The summed E-state index contributed by atoms with van der Waals surface area (Å²) >= 11 is 9.32. The summed E-state index contributed by atoms with van der Waals surface area (Å²) in [7, 11) is 3.45. The highest BCUT2D eigenvalue weighted by molar-refractivity contribution is 9.10. The molecule has 0 aliphatic heterocycles. The van der Waals surface area contributed by atoms with Crippen molar-refractivity contribution in [2.24, 2.45) is 7.05 Å². The molecule has 22 heavy (non-hydrogen) atoms. The molecule has 0 N–H and O–H groups in total. The number of aromatic nitrogens is 4. The molecule has 0 radical (unpaired) electrons. The number of nitrogens with zero attached hydrogens (tertiary/aromatic N) is 5. The number of hydrogen-bond donors (Lipinski definition) is 0. The van der Waals surface area contributed by atoms with E-state index in [4.69, 9.17) is 11.6 Å². The van der Waals surface area contributed by atoms with Gasteiger partial charge < -0.3 is 4.90 Å². The average molecular weight is 381 g/mol. The predicted molar refractivity (Wildman–Crippen MR) is 89.8 cm³/mol. The number of fused-ring (bicyclic) bond motifs is 1. The van der Waals surface area contributed by atoms with Crippen molar-refractivity contribution in [1.29, 1.82) is 0 Å². The summed E-state index contributed by atoms with van der Waals surface area (Å²) in [6, 6.07) is 5.34. The van der Waals surface area contributed by atoms with Crippen LogP contribution in [0.3, 0.4) is 0 Å². The van der Waals surface area contributed by atoms with Gasteiger partial charge in [0.2, 0.25) is 0 Å². The molecule has 0 unspecified atom stereocenters. The second kappa shape index (κ2) is 5.66. The van der Waals surface area contributed by atoms with E-state index in [2.05, 4.69) is 30.9 Å². The average Bonchev–Trinajstić information content (AvgIpc) is 2.50. The maximum atomic E-state index is 12.1. The van der Waals surface area contributed by atoms with Crippen LogP contribution in [0.25, 0.3) is 10.9 Å². The zero-order chi connectivity index (χ0) is 15.9. The van der Waals surface area contributed by atoms with E-state index in [9.17, 15) is 4.79 Å². The van der Waals surface area contributed by atoms with Crippen LogP contribution in [0.5, 0.6) is 0 Å². The quantitative estimate of drug-likeness (QED) is 0.684. The van der Waals surface area contributed by atoms with Crippen LogP contribution in [0.1, 0.15) is 0 Å². The molecule has 0 saturated carbocycles. The second-order valence-corrected chi connectivity index (χ2v) is 5.95. The van der Waals surface area contributed by atoms with Gasteiger partial charge in [-0.3, -0.25) is 9.55 Å². The van der Waals surface area contributed by atoms with Crippen molar-refractivity contribution in [3.8, 4) is 0 Å². The summed E-state index contributed by atoms with van der Waals surface area (Å²) in [4.78, 5) is 26.4. The minimum absolute atomic E-state index is 0.362. The first-order valence-electron chi connectivity index (χ1n) is 6.35. The minimum atomic E-state index is -0.362. The number of benzene rings is 1. The Kier molecular flexibility index (Phi) is 3.84. The van der Waals surface area contributed by atoms with Crippen molar-refractivity contribution in [2.75, 3.05) is 11.9 Å². The van der Waals surface area contributed by atoms with Crippen LogP contribution < -0.4 is 10.6 Å². The van der Waals surface area contributed by atoms with E-state index in [0.717, 1.165) is 5.39 Å². The first kappa shape index (κ1) is 14.9. The van der Waals surface area contributed by atoms with Gasteiger partial charge in [-0.2, -0.15) is 4.98 Å². The third kappa shape index (κ3) is 2.57. The minimum Gasteiger partial charge on any atom is -0.312 e. The van der Waals surface area contributed by atoms with Crippen LogP contribution in [0.2, 0.25) is 5.02 Å². The Labute approximate surface area is 139 Å². The van der Waals surface area contributed by atoms with Crippen LogP contribution in [0, 0.1) is 0 Å². The SMILES string of the molecule is CN(c1cncc(Br)n1)c1nc(=O)n(C)c2cc(Cl)ccc12. The number of rotatable bonds is 2. The van der Waals surface area contributed by atoms with E-state index >= 15 is 0 Å². The van der Waals surface area contributed by atoms with E-state index < -0.39 is 0 Å². The van der Waals surface area contributed by atoms with Crippen molar-refractivity contribution in [3.05, 3.63) is 50.7 Å². The molecule has 0 aliphatic carbocycles. The number of hydrogen-bond acceptors (Lipinski definition) is 5. The molecule has 0 spiro atoms. The summed E-state index contributed by atoms with van der Waals surface area (Å²) in [6.45, 7) is 0. The van der Waals surface area contributed by atoms with E-state index in [1.54, 1.807) is 43.5 Å². The van der Waals surface area contributed by atoms with Gasteiger partial charge in [-0.1, -0.05) is 11.6 Å². The topological polar surface area (TPSA) is 63.9 Å². The zero-order valence-electron chi connectivity index (χ0n) is 11.8. The largest absolute Gasteiger partial charge is 0.349 e. The van der Waals surface area contributed by atoms with Gasteiger partial charge in [0.05, 0.1) is 17.9 Å². The molecule has 0 aliphatic rings. The van der Waals surface area contributed by atoms with Gasteiger partial charge in [0.25, 0.3) is 0 Å². The maximum absolute atomic E-state index is 12.1. The first-order chi connectivity index (χ1) is 10.5. The fraction of sp³-hybridized carbons (Fsp3) is 0.143. The summed E-state index contributed by atoms with van der Waals surface area (Å²) in [5.41, 5.74) is 0.344. The molecule has 112 valence electrons. The molecule has 0 bridgehead atoms. The Morgan fingerprint density at radius 1 is 1.27 bits per heavy atom. The Bertz CT molecular complexity index is 927. The van der Waals surface area contributed by atoms with Gasteiger partial charge in [-0.25, -0.2) is 9.78 Å².